The van der Waals surface area contributed by atoms with Crippen LogP contribution in [0.15, 0.2) is 35.5 Å². The number of thioether (sulfide) groups is 1. The second kappa shape index (κ2) is 7.28. The predicted molar refractivity (Wildman–Crippen MR) is 89.1 cm³/mol. The van der Waals surface area contributed by atoms with Crippen LogP contribution in [-0.2, 0) is 4.79 Å². The first-order chi connectivity index (χ1) is 10.8. The molecule has 2 rings (SSSR count). The number of nitrogens with zero attached hydrogens (tertiary/aromatic N) is 2. The SMILES string of the molecule is C[C@@H](Sc1nc(N)cc(N)n1)C(=O)N[C@H](C)c1ccc(F)cc1. The standard InChI is InChI=1S/C15H18FN5OS/c1-8(10-3-5-11(16)6-4-10)19-14(22)9(2)23-15-20-12(17)7-13(18)21-15/h3-9H,1-2H3,(H,19,22)(H4,17,18,20,21)/t8-,9-/m1/s1. The zero-order valence-electron chi connectivity index (χ0n) is 12.8. The van der Waals surface area contributed by atoms with E-state index >= 15 is 0 Å². The third-order valence-electron chi connectivity index (χ3n) is 3.13. The first kappa shape index (κ1) is 17.0. The largest absolute Gasteiger partial charge is 0.383 e. The van der Waals surface area contributed by atoms with Crippen molar-refractivity contribution in [2.24, 2.45) is 0 Å². The number of halogens is 1. The van der Waals surface area contributed by atoms with Crippen molar-refractivity contribution in [2.75, 3.05) is 11.5 Å². The number of aromatic nitrogens is 2. The Labute approximate surface area is 137 Å². The van der Waals surface area contributed by atoms with Crippen LogP contribution in [0.5, 0.6) is 0 Å². The van der Waals surface area contributed by atoms with Gasteiger partial charge in [-0.1, -0.05) is 23.9 Å². The van der Waals surface area contributed by atoms with E-state index in [4.69, 9.17) is 11.5 Å². The van der Waals surface area contributed by atoms with E-state index in [1.54, 1.807) is 19.1 Å². The fraction of sp³-hybridized carbons (Fsp3) is 0.267. The maximum absolute atomic E-state index is 12.9. The summed E-state index contributed by atoms with van der Waals surface area (Å²) in [4.78, 5) is 20.3. The van der Waals surface area contributed by atoms with E-state index in [1.165, 1.54) is 30.0 Å². The number of rotatable bonds is 5. The summed E-state index contributed by atoms with van der Waals surface area (Å²) in [6, 6.07) is 7.21. The lowest BCUT2D eigenvalue weighted by molar-refractivity contribution is -0.120. The summed E-state index contributed by atoms with van der Waals surface area (Å²) >= 11 is 1.17. The molecule has 0 aliphatic heterocycles. The molecule has 122 valence electrons. The fourth-order valence-corrected chi connectivity index (χ4v) is 2.70. The van der Waals surface area contributed by atoms with Gasteiger partial charge in [-0.25, -0.2) is 14.4 Å². The highest BCUT2D eigenvalue weighted by Crippen LogP contribution is 2.22. The lowest BCUT2D eigenvalue weighted by Gasteiger charge is -2.17. The van der Waals surface area contributed by atoms with Crippen molar-refractivity contribution < 1.29 is 9.18 Å². The number of nitrogens with two attached hydrogens (primary N) is 2. The van der Waals surface area contributed by atoms with Crippen LogP contribution in [0.4, 0.5) is 16.0 Å². The molecule has 1 heterocycles. The zero-order valence-corrected chi connectivity index (χ0v) is 13.6. The molecule has 5 N–H and O–H groups in total. The van der Waals surface area contributed by atoms with Gasteiger partial charge in [0, 0.05) is 6.07 Å². The van der Waals surface area contributed by atoms with E-state index in [0.717, 1.165) is 5.56 Å². The Kier molecular flexibility index (Phi) is 5.38. The molecule has 6 nitrogen and oxygen atoms in total. The van der Waals surface area contributed by atoms with E-state index in [-0.39, 0.29) is 29.4 Å². The summed E-state index contributed by atoms with van der Waals surface area (Å²) in [5, 5.41) is 2.78. The molecule has 0 saturated heterocycles. The van der Waals surface area contributed by atoms with Gasteiger partial charge in [-0.15, -0.1) is 0 Å². The quantitative estimate of drug-likeness (QED) is 0.571. The minimum absolute atomic E-state index is 0.184. The molecule has 8 heteroatoms. The molecule has 0 bridgehead atoms. The highest BCUT2D eigenvalue weighted by Gasteiger charge is 2.19. The smallest absolute Gasteiger partial charge is 0.233 e. The van der Waals surface area contributed by atoms with Gasteiger partial charge in [-0.3, -0.25) is 4.79 Å². The molecule has 0 aliphatic rings. The zero-order chi connectivity index (χ0) is 17.0. The molecule has 1 amide bonds. The van der Waals surface area contributed by atoms with Crippen LogP contribution in [0, 0.1) is 5.82 Å². The third kappa shape index (κ3) is 4.82. The molecular formula is C15H18FN5OS. The monoisotopic (exact) mass is 335 g/mol. The minimum Gasteiger partial charge on any atom is -0.383 e. The van der Waals surface area contributed by atoms with Gasteiger partial charge in [-0.2, -0.15) is 0 Å². The number of amides is 1. The molecular weight excluding hydrogens is 317 g/mol. The van der Waals surface area contributed by atoms with E-state index < -0.39 is 5.25 Å². The van der Waals surface area contributed by atoms with Gasteiger partial charge in [-0.05, 0) is 31.5 Å². The predicted octanol–water partition coefficient (Wildman–Crippen LogP) is 2.14. The Balaban J connectivity index is 1.97. The van der Waals surface area contributed by atoms with E-state index in [9.17, 15) is 9.18 Å². The summed E-state index contributed by atoms with van der Waals surface area (Å²) < 4.78 is 12.9. The number of carbonyl (C=O) groups excluding carboxylic acids is 1. The van der Waals surface area contributed by atoms with E-state index in [2.05, 4.69) is 15.3 Å². The van der Waals surface area contributed by atoms with Crippen LogP contribution < -0.4 is 16.8 Å². The van der Waals surface area contributed by atoms with Crippen LogP contribution in [-0.4, -0.2) is 21.1 Å². The highest BCUT2D eigenvalue weighted by atomic mass is 32.2. The van der Waals surface area contributed by atoms with Crippen molar-refractivity contribution >= 4 is 29.3 Å². The van der Waals surface area contributed by atoms with Crippen LogP contribution in [0.3, 0.4) is 0 Å². The topological polar surface area (TPSA) is 107 Å². The molecule has 1 aromatic heterocycles. The van der Waals surface area contributed by atoms with Crippen molar-refractivity contribution in [1.29, 1.82) is 0 Å². The Morgan fingerprint density at radius 2 is 1.74 bits per heavy atom. The second-order valence-electron chi connectivity index (χ2n) is 5.04. The van der Waals surface area contributed by atoms with Gasteiger partial charge in [0.25, 0.3) is 0 Å². The minimum atomic E-state index is -0.431. The molecule has 23 heavy (non-hydrogen) atoms. The van der Waals surface area contributed by atoms with Gasteiger partial charge in [0.2, 0.25) is 5.91 Å². The summed E-state index contributed by atoms with van der Waals surface area (Å²) in [5.41, 5.74) is 12.0. The second-order valence-corrected chi connectivity index (χ2v) is 6.35. The fourth-order valence-electron chi connectivity index (χ4n) is 1.89. The van der Waals surface area contributed by atoms with E-state index in [0.29, 0.717) is 5.16 Å². The molecule has 0 saturated carbocycles. The first-order valence-electron chi connectivity index (χ1n) is 6.97. The van der Waals surface area contributed by atoms with Crippen molar-refractivity contribution in [1.82, 2.24) is 15.3 Å². The number of nitrogen functional groups attached to an aromatic ring is 2. The Bertz CT molecular complexity index is 675. The lowest BCUT2D eigenvalue weighted by atomic mass is 10.1. The Morgan fingerprint density at radius 3 is 2.30 bits per heavy atom. The van der Waals surface area contributed by atoms with E-state index in [1.807, 2.05) is 6.92 Å². The van der Waals surface area contributed by atoms with Crippen LogP contribution in [0.1, 0.15) is 25.5 Å². The van der Waals surface area contributed by atoms with Gasteiger partial charge in [0.1, 0.15) is 17.5 Å². The lowest BCUT2D eigenvalue weighted by Crippen LogP contribution is -2.33. The molecule has 1 aromatic carbocycles. The normalized spacial score (nSPS) is 13.3. The van der Waals surface area contributed by atoms with Crippen LogP contribution >= 0.6 is 11.8 Å². The van der Waals surface area contributed by atoms with Gasteiger partial charge in [0.15, 0.2) is 5.16 Å². The number of hydrogen-bond acceptors (Lipinski definition) is 6. The van der Waals surface area contributed by atoms with Gasteiger partial charge >= 0.3 is 0 Å². The summed E-state index contributed by atoms with van der Waals surface area (Å²) in [7, 11) is 0. The molecule has 0 unspecified atom stereocenters. The van der Waals surface area contributed by atoms with Gasteiger partial charge < -0.3 is 16.8 Å². The van der Waals surface area contributed by atoms with Crippen molar-refractivity contribution in [3.8, 4) is 0 Å². The van der Waals surface area contributed by atoms with Crippen molar-refractivity contribution in [3.63, 3.8) is 0 Å². The number of carbonyl (C=O) groups is 1. The Hall–Kier alpha value is -2.35. The maximum atomic E-state index is 12.9. The first-order valence-corrected chi connectivity index (χ1v) is 7.85. The number of hydrogen-bond donors (Lipinski definition) is 3. The summed E-state index contributed by atoms with van der Waals surface area (Å²) in [5.74, 6) is 0.0172. The average Bonchev–Trinajstić information content (AvgIpc) is 2.46. The number of anilines is 2. The molecule has 0 spiro atoms. The molecule has 2 atom stereocenters. The summed E-state index contributed by atoms with van der Waals surface area (Å²) in [6.45, 7) is 3.57. The highest BCUT2D eigenvalue weighted by molar-refractivity contribution is 8.00. The number of nitrogens with one attached hydrogen (secondary N) is 1. The molecule has 2 aromatic rings. The van der Waals surface area contributed by atoms with Gasteiger partial charge in [0.05, 0.1) is 11.3 Å². The van der Waals surface area contributed by atoms with Crippen LogP contribution in [0.2, 0.25) is 0 Å². The molecule has 0 radical (unpaired) electrons. The maximum Gasteiger partial charge on any atom is 0.233 e. The number of benzene rings is 1. The van der Waals surface area contributed by atoms with Crippen molar-refractivity contribution in [3.05, 3.63) is 41.7 Å². The summed E-state index contributed by atoms with van der Waals surface area (Å²) in [6.07, 6.45) is 0. The average molecular weight is 335 g/mol. The third-order valence-corrected chi connectivity index (χ3v) is 4.09. The molecule has 0 aliphatic carbocycles. The molecule has 0 fully saturated rings. The van der Waals surface area contributed by atoms with Crippen molar-refractivity contribution in [2.45, 2.75) is 30.3 Å². The van der Waals surface area contributed by atoms with Crippen LogP contribution in [0.25, 0.3) is 0 Å². The Morgan fingerprint density at radius 1 is 1.17 bits per heavy atom.